The van der Waals surface area contributed by atoms with Crippen molar-refractivity contribution in [2.45, 2.75) is 6.42 Å². The molecule has 0 spiro atoms. The van der Waals surface area contributed by atoms with Crippen LogP contribution >= 0.6 is 46.4 Å². The van der Waals surface area contributed by atoms with Gasteiger partial charge in [0.15, 0.2) is 0 Å². The van der Waals surface area contributed by atoms with Crippen molar-refractivity contribution < 1.29 is 9.59 Å². The molecular formula is C15H10Cl4N2O2. The summed E-state index contributed by atoms with van der Waals surface area (Å²) in [5.41, 5.74) is 0.585. The van der Waals surface area contributed by atoms with E-state index in [-0.39, 0.29) is 20.8 Å². The molecule has 0 fully saturated rings. The van der Waals surface area contributed by atoms with Crippen LogP contribution in [0.5, 0.6) is 0 Å². The molecule has 0 atom stereocenters. The van der Waals surface area contributed by atoms with Crippen molar-refractivity contribution in [1.82, 2.24) is 0 Å². The van der Waals surface area contributed by atoms with Gasteiger partial charge in [0.1, 0.15) is 6.42 Å². The third-order valence-corrected chi connectivity index (χ3v) is 4.22. The minimum absolute atomic E-state index is 0.206. The quantitative estimate of drug-likeness (QED) is 0.697. The normalized spacial score (nSPS) is 10.3. The van der Waals surface area contributed by atoms with Gasteiger partial charge in [0.2, 0.25) is 11.8 Å². The monoisotopic (exact) mass is 390 g/mol. The number of rotatable bonds is 4. The van der Waals surface area contributed by atoms with Gasteiger partial charge in [-0.05, 0) is 24.3 Å². The lowest BCUT2D eigenvalue weighted by atomic mass is 10.2. The number of nitrogens with one attached hydrogen (secondary N) is 2. The van der Waals surface area contributed by atoms with E-state index in [1.807, 2.05) is 0 Å². The molecule has 0 radical (unpaired) electrons. The molecule has 0 saturated heterocycles. The van der Waals surface area contributed by atoms with E-state index in [1.165, 1.54) is 0 Å². The highest BCUT2D eigenvalue weighted by molar-refractivity contribution is 6.44. The zero-order valence-corrected chi connectivity index (χ0v) is 14.5. The van der Waals surface area contributed by atoms with E-state index in [1.54, 1.807) is 36.4 Å². The van der Waals surface area contributed by atoms with Crippen molar-refractivity contribution in [3.8, 4) is 0 Å². The molecule has 0 aliphatic heterocycles. The molecule has 2 aromatic rings. The van der Waals surface area contributed by atoms with Gasteiger partial charge in [-0.1, -0.05) is 58.5 Å². The van der Waals surface area contributed by atoms with Crippen LogP contribution in [-0.4, -0.2) is 11.8 Å². The molecule has 120 valence electrons. The summed E-state index contributed by atoms with van der Waals surface area (Å²) in [6, 6.07) is 9.60. The molecule has 2 rings (SSSR count). The van der Waals surface area contributed by atoms with E-state index in [9.17, 15) is 9.59 Å². The van der Waals surface area contributed by atoms with Crippen molar-refractivity contribution in [2.24, 2.45) is 0 Å². The highest BCUT2D eigenvalue weighted by Gasteiger charge is 2.15. The second-order valence-electron chi connectivity index (χ2n) is 4.47. The van der Waals surface area contributed by atoms with Gasteiger partial charge in [-0.15, -0.1) is 0 Å². The van der Waals surface area contributed by atoms with Crippen molar-refractivity contribution in [1.29, 1.82) is 0 Å². The third kappa shape index (κ3) is 4.75. The molecule has 2 aromatic carbocycles. The molecule has 0 aliphatic rings. The van der Waals surface area contributed by atoms with E-state index in [4.69, 9.17) is 46.4 Å². The van der Waals surface area contributed by atoms with Crippen molar-refractivity contribution in [3.63, 3.8) is 0 Å². The first kappa shape index (κ1) is 17.9. The molecule has 0 aromatic heterocycles. The smallest absolute Gasteiger partial charge is 0.233 e. The number of amides is 2. The predicted molar refractivity (Wildman–Crippen MR) is 94.8 cm³/mol. The average molecular weight is 392 g/mol. The van der Waals surface area contributed by atoms with Crippen molar-refractivity contribution >= 4 is 69.6 Å². The topological polar surface area (TPSA) is 58.2 Å². The number of anilines is 2. The van der Waals surface area contributed by atoms with E-state index < -0.39 is 18.2 Å². The molecule has 4 nitrogen and oxygen atoms in total. The van der Waals surface area contributed by atoms with Crippen LogP contribution in [0.15, 0.2) is 36.4 Å². The Hall–Kier alpha value is -1.46. The van der Waals surface area contributed by atoms with E-state index >= 15 is 0 Å². The lowest BCUT2D eigenvalue weighted by Crippen LogP contribution is -2.21. The zero-order valence-electron chi connectivity index (χ0n) is 11.5. The fraction of sp³-hybridized carbons (Fsp3) is 0.0667. The number of hydrogen-bond acceptors (Lipinski definition) is 2. The van der Waals surface area contributed by atoms with Crippen LogP contribution < -0.4 is 10.6 Å². The first-order valence-electron chi connectivity index (χ1n) is 6.36. The molecule has 0 aliphatic carbocycles. The van der Waals surface area contributed by atoms with Gasteiger partial charge in [-0.3, -0.25) is 9.59 Å². The van der Waals surface area contributed by atoms with Crippen LogP contribution in [0.1, 0.15) is 6.42 Å². The van der Waals surface area contributed by atoms with Crippen LogP contribution in [0.25, 0.3) is 0 Å². The Morgan fingerprint density at radius 1 is 0.783 bits per heavy atom. The Kier molecular flexibility index (Phi) is 6.13. The van der Waals surface area contributed by atoms with Crippen LogP contribution in [0.3, 0.4) is 0 Å². The van der Waals surface area contributed by atoms with Crippen molar-refractivity contribution in [2.75, 3.05) is 10.6 Å². The maximum Gasteiger partial charge on any atom is 0.233 e. The van der Waals surface area contributed by atoms with Gasteiger partial charge in [0, 0.05) is 0 Å². The number of halogens is 4. The lowest BCUT2D eigenvalue weighted by molar-refractivity contribution is -0.123. The molecular weight excluding hydrogens is 382 g/mol. The van der Waals surface area contributed by atoms with E-state index in [0.717, 1.165) is 0 Å². The zero-order chi connectivity index (χ0) is 17.0. The summed E-state index contributed by atoms with van der Waals surface area (Å²) >= 11 is 23.7. The van der Waals surface area contributed by atoms with E-state index in [2.05, 4.69) is 10.6 Å². The molecule has 8 heteroatoms. The summed E-state index contributed by atoms with van der Waals surface area (Å²) in [6.45, 7) is 0. The fourth-order valence-electron chi connectivity index (χ4n) is 1.74. The molecule has 0 unspecified atom stereocenters. The summed E-state index contributed by atoms with van der Waals surface area (Å²) in [5.74, 6) is -1.11. The number of para-hydroxylation sites is 1. The molecule has 23 heavy (non-hydrogen) atoms. The maximum atomic E-state index is 11.9. The van der Waals surface area contributed by atoms with Gasteiger partial charge < -0.3 is 10.6 Å². The Morgan fingerprint density at radius 3 is 1.96 bits per heavy atom. The van der Waals surface area contributed by atoms with Gasteiger partial charge in [-0.25, -0.2) is 0 Å². The molecule has 0 heterocycles. The average Bonchev–Trinajstić information content (AvgIpc) is 2.48. The molecule has 2 N–H and O–H groups in total. The molecule has 0 bridgehead atoms. The second kappa shape index (κ2) is 7.88. The van der Waals surface area contributed by atoms with Gasteiger partial charge in [0.05, 0.1) is 31.5 Å². The first-order chi connectivity index (χ1) is 10.9. The van der Waals surface area contributed by atoms with Gasteiger partial charge in [0.25, 0.3) is 0 Å². The van der Waals surface area contributed by atoms with Crippen LogP contribution in [-0.2, 0) is 9.59 Å². The fourth-order valence-corrected chi connectivity index (χ4v) is 2.58. The summed E-state index contributed by atoms with van der Waals surface area (Å²) in [5, 5.41) is 6.08. The lowest BCUT2D eigenvalue weighted by Gasteiger charge is -2.10. The predicted octanol–water partition coefficient (Wildman–Crippen LogP) is 5.27. The summed E-state index contributed by atoms with van der Waals surface area (Å²) in [4.78, 5) is 23.8. The summed E-state index contributed by atoms with van der Waals surface area (Å²) < 4.78 is 0. The molecule has 0 saturated carbocycles. The largest absolute Gasteiger partial charge is 0.324 e. The maximum absolute atomic E-state index is 11.9. The first-order valence-corrected chi connectivity index (χ1v) is 7.87. The molecule has 2 amide bonds. The second-order valence-corrected chi connectivity index (χ2v) is 6.07. The van der Waals surface area contributed by atoms with Crippen LogP contribution in [0.4, 0.5) is 11.4 Å². The Balaban J connectivity index is 2.00. The standard InChI is InChI=1S/C15H10Cl4N2O2/c16-8-3-2-6-11(14(8)19)20-12(22)7-13(23)21-15-9(17)4-1-5-10(15)18/h1-6H,7H2,(H,20,22)(H,21,23). The van der Waals surface area contributed by atoms with Gasteiger partial charge in [-0.2, -0.15) is 0 Å². The third-order valence-electron chi connectivity index (χ3n) is 2.77. The Labute approximate surface area is 152 Å². The number of carbonyl (C=O) groups excluding carboxylic acids is 2. The highest BCUT2D eigenvalue weighted by atomic mass is 35.5. The van der Waals surface area contributed by atoms with Gasteiger partial charge >= 0.3 is 0 Å². The number of hydrogen-bond donors (Lipinski definition) is 2. The van der Waals surface area contributed by atoms with Crippen molar-refractivity contribution in [3.05, 3.63) is 56.5 Å². The minimum Gasteiger partial charge on any atom is -0.324 e. The SMILES string of the molecule is O=C(CC(=O)Nc1c(Cl)cccc1Cl)Nc1cccc(Cl)c1Cl. The Bertz CT molecular complexity index is 745. The highest BCUT2D eigenvalue weighted by Crippen LogP contribution is 2.31. The summed E-state index contributed by atoms with van der Waals surface area (Å²) in [7, 11) is 0. The van der Waals surface area contributed by atoms with E-state index in [0.29, 0.717) is 10.7 Å². The van der Waals surface area contributed by atoms with Crippen LogP contribution in [0, 0.1) is 0 Å². The Morgan fingerprint density at radius 2 is 1.30 bits per heavy atom. The van der Waals surface area contributed by atoms with Crippen LogP contribution in [0.2, 0.25) is 20.1 Å². The summed E-state index contributed by atoms with van der Waals surface area (Å²) in [6.07, 6.45) is -0.426. The number of carbonyl (C=O) groups is 2. The number of benzene rings is 2. The minimum atomic E-state index is -0.560.